The Morgan fingerprint density at radius 2 is 1.70 bits per heavy atom. The fourth-order valence-electron chi connectivity index (χ4n) is 2.93. The average molecular weight is 369 g/mol. The van der Waals surface area contributed by atoms with E-state index in [1.165, 1.54) is 11.1 Å². The van der Waals surface area contributed by atoms with E-state index < -0.39 is 0 Å². The Balaban J connectivity index is 1.94. The normalized spacial score (nSPS) is 12.7. The summed E-state index contributed by atoms with van der Waals surface area (Å²) in [5.74, 6) is 0.631. The zero-order valence-electron chi connectivity index (χ0n) is 17.4. The highest BCUT2D eigenvalue weighted by molar-refractivity contribution is 5.77. The predicted molar refractivity (Wildman–Crippen MR) is 111 cm³/mol. The molecule has 0 aliphatic heterocycles. The van der Waals surface area contributed by atoms with E-state index in [9.17, 15) is 4.79 Å². The zero-order valence-corrected chi connectivity index (χ0v) is 17.4. The number of benzene rings is 2. The number of nitrogens with zero attached hydrogens (tertiary/aromatic N) is 1. The Bertz CT molecular complexity index is 746. The van der Waals surface area contributed by atoms with Crippen molar-refractivity contribution in [3.63, 3.8) is 0 Å². The van der Waals surface area contributed by atoms with E-state index >= 15 is 0 Å². The van der Waals surface area contributed by atoms with E-state index in [-0.39, 0.29) is 24.0 Å². The van der Waals surface area contributed by atoms with Crippen molar-refractivity contribution in [2.24, 2.45) is 0 Å². The molecule has 0 saturated heterocycles. The van der Waals surface area contributed by atoms with Gasteiger partial charge in [0.05, 0.1) is 6.04 Å². The van der Waals surface area contributed by atoms with E-state index in [1.807, 2.05) is 45.3 Å². The first-order valence-electron chi connectivity index (χ1n) is 9.40. The molecule has 4 heteroatoms. The molecule has 0 aromatic heterocycles. The van der Waals surface area contributed by atoms with Crippen LogP contribution in [0.25, 0.3) is 0 Å². The van der Waals surface area contributed by atoms with Gasteiger partial charge in [-0.15, -0.1) is 0 Å². The molecule has 0 aliphatic carbocycles. The molecule has 2 aromatic carbocycles. The third-order valence-electron chi connectivity index (χ3n) is 4.73. The third kappa shape index (κ3) is 6.10. The van der Waals surface area contributed by atoms with Gasteiger partial charge in [-0.3, -0.25) is 4.79 Å². The lowest BCUT2D eigenvalue weighted by Crippen LogP contribution is -2.37. The number of rotatable bonds is 7. The van der Waals surface area contributed by atoms with E-state index in [0.29, 0.717) is 6.54 Å². The lowest BCUT2D eigenvalue weighted by Gasteiger charge is -2.26. The molecule has 1 amide bonds. The number of ether oxygens (including phenoxy) is 1. The summed E-state index contributed by atoms with van der Waals surface area (Å²) >= 11 is 0. The number of para-hydroxylation sites is 1. The molecule has 0 saturated carbocycles. The van der Waals surface area contributed by atoms with E-state index in [4.69, 9.17) is 4.74 Å². The van der Waals surface area contributed by atoms with Gasteiger partial charge in [0.1, 0.15) is 5.75 Å². The number of aryl methyl sites for hydroxylation is 1. The number of nitrogens with one attached hydrogen (secondary N) is 1. The van der Waals surface area contributed by atoms with Gasteiger partial charge in [0, 0.05) is 6.54 Å². The molecule has 0 spiro atoms. The fraction of sp³-hybridized carbons (Fsp3) is 0.435. The highest BCUT2D eigenvalue weighted by Crippen LogP contribution is 2.25. The third-order valence-corrected chi connectivity index (χ3v) is 4.73. The van der Waals surface area contributed by atoms with Crippen LogP contribution in [0.5, 0.6) is 5.75 Å². The molecule has 1 N–H and O–H groups in total. The fourth-order valence-corrected chi connectivity index (χ4v) is 2.93. The number of likely N-dealkylation sites (N-methyl/N-ethyl adjacent to an activating group) is 1. The Kier molecular flexibility index (Phi) is 7.03. The molecular formula is C23H32N2O2. The molecule has 1 unspecified atom stereocenters. The summed E-state index contributed by atoms with van der Waals surface area (Å²) in [6.07, 6.45) is 0. The summed E-state index contributed by atoms with van der Waals surface area (Å²) < 4.78 is 5.62. The molecule has 146 valence electrons. The van der Waals surface area contributed by atoms with Gasteiger partial charge in [-0.05, 0) is 49.2 Å². The Labute approximate surface area is 163 Å². The van der Waals surface area contributed by atoms with Crippen molar-refractivity contribution in [2.45, 2.75) is 39.2 Å². The van der Waals surface area contributed by atoms with Crippen LogP contribution in [0.1, 0.15) is 43.5 Å². The smallest absolute Gasteiger partial charge is 0.258 e. The maximum Gasteiger partial charge on any atom is 0.258 e. The van der Waals surface area contributed by atoms with Gasteiger partial charge >= 0.3 is 0 Å². The first-order chi connectivity index (χ1) is 12.7. The number of hydrogen-bond acceptors (Lipinski definition) is 3. The SMILES string of the molecule is Cc1ccccc1OCC(=O)NCC(c1ccc(C(C)(C)C)cc1)N(C)C. The summed E-state index contributed by atoms with van der Waals surface area (Å²) in [5, 5.41) is 2.99. The van der Waals surface area contributed by atoms with E-state index in [0.717, 1.165) is 11.3 Å². The molecule has 27 heavy (non-hydrogen) atoms. The number of carbonyl (C=O) groups excluding carboxylic acids is 1. The number of amides is 1. The Morgan fingerprint density at radius 1 is 1.07 bits per heavy atom. The quantitative estimate of drug-likeness (QED) is 0.800. The number of hydrogen-bond donors (Lipinski definition) is 1. The molecule has 4 nitrogen and oxygen atoms in total. The highest BCUT2D eigenvalue weighted by atomic mass is 16.5. The second-order valence-corrected chi connectivity index (χ2v) is 8.21. The van der Waals surface area contributed by atoms with Gasteiger partial charge in [-0.1, -0.05) is 63.2 Å². The zero-order chi connectivity index (χ0) is 20.0. The number of carbonyl (C=O) groups is 1. The van der Waals surface area contributed by atoms with Crippen LogP contribution in [-0.4, -0.2) is 38.1 Å². The largest absolute Gasteiger partial charge is 0.484 e. The van der Waals surface area contributed by atoms with Gasteiger partial charge in [-0.25, -0.2) is 0 Å². The Morgan fingerprint density at radius 3 is 2.26 bits per heavy atom. The molecule has 2 rings (SSSR count). The molecule has 0 aliphatic rings. The van der Waals surface area contributed by atoms with E-state index in [2.05, 4.69) is 55.3 Å². The summed E-state index contributed by atoms with van der Waals surface area (Å²) in [6.45, 7) is 9.16. The second-order valence-electron chi connectivity index (χ2n) is 8.21. The maximum absolute atomic E-state index is 12.2. The van der Waals surface area contributed by atoms with Crippen LogP contribution < -0.4 is 10.1 Å². The summed E-state index contributed by atoms with van der Waals surface area (Å²) in [7, 11) is 4.05. The maximum atomic E-state index is 12.2. The van der Waals surface area contributed by atoms with Crippen LogP contribution in [0.3, 0.4) is 0 Å². The van der Waals surface area contributed by atoms with Gasteiger partial charge in [0.25, 0.3) is 5.91 Å². The van der Waals surface area contributed by atoms with Crippen molar-refractivity contribution in [2.75, 3.05) is 27.2 Å². The molecule has 0 radical (unpaired) electrons. The van der Waals surface area contributed by atoms with Crippen molar-refractivity contribution in [1.29, 1.82) is 0 Å². The minimum atomic E-state index is -0.114. The van der Waals surface area contributed by atoms with E-state index in [1.54, 1.807) is 0 Å². The molecule has 2 aromatic rings. The van der Waals surface area contributed by atoms with Crippen LogP contribution in [0.2, 0.25) is 0 Å². The van der Waals surface area contributed by atoms with Crippen molar-refractivity contribution in [1.82, 2.24) is 10.2 Å². The molecule has 1 atom stereocenters. The average Bonchev–Trinajstić information content (AvgIpc) is 2.60. The van der Waals surface area contributed by atoms with Crippen LogP contribution >= 0.6 is 0 Å². The molecule has 0 bridgehead atoms. The monoisotopic (exact) mass is 368 g/mol. The van der Waals surface area contributed by atoms with Gasteiger partial charge in [-0.2, -0.15) is 0 Å². The van der Waals surface area contributed by atoms with Crippen molar-refractivity contribution >= 4 is 5.91 Å². The minimum Gasteiger partial charge on any atom is -0.484 e. The second kappa shape index (κ2) is 9.05. The summed E-state index contributed by atoms with van der Waals surface area (Å²) in [4.78, 5) is 14.3. The van der Waals surface area contributed by atoms with Crippen molar-refractivity contribution in [3.05, 3.63) is 65.2 Å². The van der Waals surface area contributed by atoms with Gasteiger partial charge < -0.3 is 15.0 Å². The molecule has 0 fully saturated rings. The molecular weight excluding hydrogens is 336 g/mol. The van der Waals surface area contributed by atoms with Gasteiger partial charge in [0.15, 0.2) is 6.61 Å². The van der Waals surface area contributed by atoms with Crippen LogP contribution in [0.4, 0.5) is 0 Å². The first kappa shape index (κ1) is 21.0. The standard InChI is InChI=1S/C23H32N2O2/c1-17-9-7-8-10-21(17)27-16-22(26)24-15-20(25(5)6)18-11-13-19(14-12-18)23(2,3)4/h7-14,20H,15-16H2,1-6H3,(H,24,26). The summed E-state index contributed by atoms with van der Waals surface area (Å²) in [6, 6.07) is 16.5. The van der Waals surface area contributed by atoms with Crippen molar-refractivity contribution in [3.8, 4) is 5.75 Å². The lowest BCUT2D eigenvalue weighted by molar-refractivity contribution is -0.123. The topological polar surface area (TPSA) is 41.6 Å². The van der Waals surface area contributed by atoms with Gasteiger partial charge in [0.2, 0.25) is 0 Å². The lowest BCUT2D eigenvalue weighted by atomic mass is 9.86. The minimum absolute atomic E-state index is 0.0218. The molecule has 0 heterocycles. The first-order valence-corrected chi connectivity index (χ1v) is 9.40. The van der Waals surface area contributed by atoms with Crippen LogP contribution in [0, 0.1) is 6.92 Å². The van der Waals surface area contributed by atoms with Crippen LogP contribution in [-0.2, 0) is 10.2 Å². The highest BCUT2D eigenvalue weighted by Gasteiger charge is 2.18. The predicted octanol–water partition coefficient (Wildman–Crippen LogP) is 4.09. The van der Waals surface area contributed by atoms with Crippen LogP contribution in [0.15, 0.2) is 48.5 Å². The Hall–Kier alpha value is -2.33. The summed E-state index contributed by atoms with van der Waals surface area (Å²) in [5.41, 5.74) is 3.65. The van der Waals surface area contributed by atoms with Crippen molar-refractivity contribution < 1.29 is 9.53 Å².